The normalized spacial score (nSPS) is 31.6. The van der Waals surface area contributed by atoms with Gasteiger partial charge in [0.25, 0.3) is 0 Å². The summed E-state index contributed by atoms with van der Waals surface area (Å²) in [7, 11) is 0. The van der Waals surface area contributed by atoms with Crippen molar-refractivity contribution in [1.29, 1.82) is 0 Å². The number of aromatic nitrogens is 2. The number of aromatic carboxylic acids is 1. The van der Waals surface area contributed by atoms with E-state index < -0.39 is 5.97 Å². The van der Waals surface area contributed by atoms with Gasteiger partial charge in [0.1, 0.15) is 11.2 Å². The number of carbonyl (C=O) groups is 1. The van der Waals surface area contributed by atoms with Crippen molar-refractivity contribution < 1.29 is 9.90 Å². The highest BCUT2D eigenvalue weighted by Crippen LogP contribution is 2.61. The molecule has 0 amide bonds. The maximum atomic E-state index is 11.6. The number of pyridine rings is 1. The summed E-state index contributed by atoms with van der Waals surface area (Å²) in [6.45, 7) is 7.05. The van der Waals surface area contributed by atoms with Crippen LogP contribution in [0.4, 0.5) is 5.69 Å². The molecule has 122 valence electrons. The lowest BCUT2D eigenvalue weighted by Crippen LogP contribution is -2.58. The fourth-order valence-electron chi connectivity index (χ4n) is 4.85. The average molecular weight is 313 g/mol. The first-order valence-electron chi connectivity index (χ1n) is 8.35. The Morgan fingerprint density at radius 2 is 2.22 bits per heavy atom. The molecule has 0 aliphatic heterocycles. The van der Waals surface area contributed by atoms with Crippen molar-refractivity contribution in [2.45, 2.75) is 39.7 Å². The highest BCUT2D eigenvalue weighted by Gasteiger charge is 2.56. The Kier molecular flexibility index (Phi) is 2.99. The van der Waals surface area contributed by atoms with Gasteiger partial charge < -0.3 is 15.4 Å². The van der Waals surface area contributed by atoms with E-state index in [4.69, 9.17) is 0 Å². The molecule has 5 rings (SSSR count). The van der Waals surface area contributed by atoms with Crippen LogP contribution < -0.4 is 5.32 Å². The van der Waals surface area contributed by atoms with Crippen LogP contribution >= 0.6 is 0 Å². The molecule has 5 heteroatoms. The quantitative estimate of drug-likeness (QED) is 0.806. The predicted molar refractivity (Wildman–Crippen MR) is 89.6 cm³/mol. The Labute approximate surface area is 135 Å². The molecule has 2 aromatic rings. The van der Waals surface area contributed by atoms with Gasteiger partial charge in [-0.25, -0.2) is 9.78 Å². The molecule has 3 saturated carbocycles. The number of rotatable bonds is 3. The topological polar surface area (TPSA) is 78.0 Å². The Balaban J connectivity index is 1.69. The molecule has 3 fully saturated rings. The molecule has 0 aromatic carbocycles. The summed E-state index contributed by atoms with van der Waals surface area (Å²) in [5, 5.41) is 13.9. The molecular formula is C18H23N3O2. The van der Waals surface area contributed by atoms with Crippen LogP contribution in [0.2, 0.25) is 0 Å². The molecular weight excluding hydrogens is 290 g/mol. The van der Waals surface area contributed by atoms with Crippen molar-refractivity contribution in [1.82, 2.24) is 9.97 Å². The summed E-state index contributed by atoms with van der Waals surface area (Å²) >= 11 is 0. The van der Waals surface area contributed by atoms with E-state index >= 15 is 0 Å². The van der Waals surface area contributed by atoms with Crippen molar-refractivity contribution in [3.8, 4) is 0 Å². The van der Waals surface area contributed by atoms with Crippen molar-refractivity contribution >= 4 is 22.7 Å². The number of hydrogen-bond acceptors (Lipinski definition) is 3. The maximum Gasteiger partial charge on any atom is 0.339 e. The van der Waals surface area contributed by atoms with Gasteiger partial charge in [0.15, 0.2) is 0 Å². The molecule has 5 nitrogen and oxygen atoms in total. The maximum absolute atomic E-state index is 11.6. The molecule has 3 N–H and O–H groups in total. The summed E-state index contributed by atoms with van der Waals surface area (Å²) in [6.07, 6.45) is 5.67. The third-order valence-electron chi connectivity index (χ3n) is 6.50. The van der Waals surface area contributed by atoms with Gasteiger partial charge in [0.05, 0.1) is 5.69 Å². The summed E-state index contributed by atoms with van der Waals surface area (Å²) in [6, 6.07) is 2.22. The number of aromatic amines is 1. The van der Waals surface area contributed by atoms with E-state index in [0.717, 1.165) is 29.3 Å². The molecule has 2 aromatic heterocycles. The first kappa shape index (κ1) is 14.5. The Morgan fingerprint density at radius 3 is 2.87 bits per heavy atom. The van der Waals surface area contributed by atoms with Gasteiger partial charge in [-0.3, -0.25) is 0 Å². The fraction of sp³-hybridized carbons (Fsp3) is 0.556. The monoisotopic (exact) mass is 313 g/mol. The highest BCUT2D eigenvalue weighted by molar-refractivity contribution is 6.03. The zero-order chi connectivity index (χ0) is 16.4. The van der Waals surface area contributed by atoms with Gasteiger partial charge in [0.2, 0.25) is 0 Å². The number of nitrogens with zero attached hydrogens (tertiary/aromatic N) is 1. The molecule has 2 heterocycles. The van der Waals surface area contributed by atoms with E-state index in [1.54, 1.807) is 6.20 Å². The third kappa shape index (κ3) is 1.98. The number of carboxylic acid groups (broad SMARTS) is 1. The average Bonchev–Trinajstić information content (AvgIpc) is 2.97. The van der Waals surface area contributed by atoms with Crippen LogP contribution in [0.1, 0.15) is 44.0 Å². The number of hydrogen-bond donors (Lipinski definition) is 3. The first-order valence-corrected chi connectivity index (χ1v) is 8.35. The number of carboxylic acids is 1. The minimum absolute atomic E-state index is 0.253. The van der Waals surface area contributed by atoms with E-state index in [1.165, 1.54) is 12.6 Å². The van der Waals surface area contributed by atoms with Crippen LogP contribution in [-0.4, -0.2) is 27.1 Å². The molecule has 0 saturated heterocycles. The Hall–Kier alpha value is -2.04. The molecule has 3 aliphatic carbocycles. The molecule has 0 unspecified atom stereocenters. The standard InChI is InChI=1S/C18H23N3O2/c1-9-13-6-10(18(13,2)3)7-14(9)21-15-11-4-5-19-16(11)20-8-12(15)17(22)23/h4-5,8-10,13-14H,6-7H2,1-3H3,(H,22,23)(H2,19,20,21)/t9-,10-,13+,14-/m1/s1. The number of fused-ring (bicyclic) bond motifs is 3. The third-order valence-corrected chi connectivity index (χ3v) is 6.50. The SMILES string of the molecule is C[C@H]1[C@H](Nc2c(C(=O)O)cnc3[nH]ccc23)C[C@H]2C[C@@H]1C2(C)C. The van der Waals surface area contributed by atoms with Crippen LogP contribution in [0.15, 0.2) is 18.5 Å². The van der Waals surface area contributed by atoms with Crippen LogP contribution in [0.25, 0.3) is 11.0 Å². The Morgan fingerprint density at radius 1 is 1.43 bits per heavy atom. The summed E-state index contributed by atoms with van der Waals surface area (Å²) < 4.78 is 0. The summed E-state index contributed by atoms with van der Waals surface area (Å²) in [4.78, 5) is 18.9. The largest absolute Gasteiger partial charge is 0.478 e. The second-order valence-corrected chi connectivity index (χ2v) is 7.80. The van der Waals surface area contributed by atoms with Gasteiger partial charge in [0, 0.05) is 23.8 Å². The van der Waals surface area contributed by atoms with E-state index in [1.807, 2.05) is 6.07 Å². The van der Waals surface area contributed by atoms with E-state index in [2.05, 4.69) is 36.1 Å². The van der Waals surface area contributed by atoms with Crippen LogP contribution in [0.3, 0.4) is 0 Å². The summed E-state index contributed by atoms with van der Waals surface area (Å²) in [5.41, 5.74) is 2.11. The van der Waals surface area contributed by atoms with Crippen LogP contribution in [-0.2, 0) is 0 Å². The molecule has 23 heavy (non-hydrogen) atoms. The van der Waals surface area contributed by atoms with Crippen LogP contribution in [0.5, 0.6) is 0 Å². The van der Waals surface area contributed by atoms with E-state index in [-0.39, 0.29) is 5.56 Å². The zero-order valence-electron chi connectivity index (χ0n) is 13.8. The fourth-order valence-corrected chi connectivity index (χ4v) is 4.85. The molecule has 0 radical (unpaired) electrons. The van der Waals surface area contributed by atoms with Crippen molar-refractivity contribution in [3.05, 3.63) is 24.0 Å². The van der Waals surface area contributed by atoms with Crippen molar-refractivity contribution in [2.24, 2.45) is 23.2 Å². The van der Waals surface area contributed by atoms with Gasteiger partial charge in [-0.2, -0.15) is 0 Å². The van der Waals surface area contributed by atoms with E-state index in [9.17, 15) is 9.90 Å². The lowest BCUT2D eigenvalue weighted by molar-refractivity contribution is -0.105. The second kappa shape index (κ2) is 4.73. The van der Waals surface area contributed by atoms with Crippen molar-refractivity contribution in [2.75, 3.05) is 5.32 Å². The van der Waals surface area contributed by atoms with Gasteiger partial charge in [-0.05, 0) is 42.1 Å². The minimum Gasteiger partial charge on any atom is -0.478 e. The molecule has 3 aliphatic rings. The lowest BCUT2D eigenvalue weighted by Gasteiger charge is -2.62. The van der Waals surface area contributed by atoms with Crippen molar-refractivity contribution in [3.63, 3.8) is 0 Å². The lowest BCUT2D eigenvalue weighted by atomic mass is 9.45. The van der Waals surface area contributed by atoms with Gasteiger partial charge in [-0.15, -0.1) is 0 Å². The van der Waals surface area contributed by atoms with Gasteiger partial charge >= 0.3 is 5.97 Å². The second-order valence-electron chi connectivity index (χ2n) is 7.80. The molecule has 0 spiro atoms. The summed E-state index contributed by atoms with van der Waals surface area (Å²) in [5.74, 6) is 1.06. The van der Waals surface area contributed by atoms with Crippen LogP contribution in [0, 0.1) is 23.2 Å². The first-order chi connectivity index (χ1) is 10.9. The van der Waals surface area contributed by atoms with Gasteiger partial charge in [-0.1, -0.05) is 20.8 Å². The molecule has 4 atom stereocenters. The Bertz CT molecular complexity index is 780. The predicted octanol–water partition coefficient (Wildman–Crippen LogP) is 3.74. The number of anilines is 1. The highest BCUT2D eigenvalue weighted by atomic mass is 16.4. The minimum atomic E-state index is -0.933. The molecule has 2 bridgehead atoms. The number of H-pyrrole nitrogens is 1. The smallest absolute Gasteiger partial charge is 0.339 e. The van der Waals surface area contributed by atoms with E-state index in [0.29, 0.717) is 23.1 Å². The number of nitrogens with one attached hydrogen (secondary N) is 2. The zero-order valence-corrected chi connectivity index (χ0v) is 13.8.